The van der Waals surface area contributed by atoms with Gasteiger partial charge in [0.1, 0.15) is 5.82 Å². The first-order valence-corrected chi connectivity index (χ1v) is 6.51. The lowest BCUT2D eigenvalue weighted by molar-refractivity contribution is 0.0760. The van der Waals surface area contributed by atoms with Gasteiger partial charge in [-0.05, 0) is 30.2 Å². The summed E-state index contributed by atoms with van der Waals surface area (Å²) in [5, 5.41) is 0. The summed E-state index contributed by atoms with van der Waals surface area (Å²) in [7, 11) is 1.64. The fourth-order valence-electron chi connectivity index (χ4n) is 2.06. The molecule has 19 heavy (non-hydrogen) atoms. The van der Waals surface area contributed by atoms with Crippen LogP contribution < -0.4 is 0 Å². The van der Waals surface area contributed by atoms with E-state index >= 15 is 0 Å². The van der Waals surface area contributed by atoms with Gasteiger partial charge in [-0.15, -0.1) is 12.6 Å². The highest BCUT2D eigenvalue weighted by Gasteiger charge is 2.21. The van der Waals surface area contributed by atoms with Crippen LogP contribution >= 0.6 is 12.6 Å². The van der Waals surface area contributed by atoms with Gasteiger partial charge in [-0.2, -0.15) is 0 Å². The van der Waals surface area contributed by atoms with E-state index in [2.05, 4.69) is 12.6 Å². The Morgan fingerprint density at radius 3 is 2.95 bits per heavy atom. The highest BCUT2D eigenvalue weighted by Crippen LogP contribution is 2.18. The maximum Gasteiger partial charge on any atom is 0.257 e. The van der Waals surface area contributed by atoms with Gasteiger partial charge in [0, 0.05) is 25.1 Å². The molecule has 1 aromatic carbocycles. The molecule has 0 spiro atoms. The molecule has 0 aromatic heterocycles. The number of rotatable bonds is 3. The molecular weight excluding hydrogens is 265 g/mol. The van der Waals surface area contributed by atoms with Crippen molar-refractivity contribution in [2.45, 2.75) is 11.3 Å². The Labute approximate surface area is 117 Å². The van der Waals surface area contributed by atoms with Gasteiger partial charge in [-0.25, -0.2) is 4.39 Å². The molecule has 0 bridgehead atoms. The second kappa shape index (κ2) is 6.21. The van der Waals surface area contributed by atoms with E-state index < -0.39 is 5.82 Å². The standard InChI is InChI=1S/C14H16FNO2S/c1-18-9-10-4-6-16(7-5-10)14(17)12-8-11(19)2-3-13(12)15/h2-4,8,19H,5-7,9H2,1H3. The number of hydrogen-bond donors (Lipinski definition) is 1. The lowest BCUT2D eigenvalue weighted by Gasteiger charge is -2.26. The van der Waals surface area contributed by atoms with E-state index in [1.807, 2.05) is 6.08 Å². The van der Waals surface area contributed by atoms with E-state index in [9.17, 15) is 9.18 Å². The first-order valence-electron chi connectivity index (χ1n) is 6.06. The van der Waals surface area contributed by atoms with Gasteiger partial charge < -0.3 is 9.64 Å². The van der Waals surface area contributed by atoms with Gasteiger partial charge in [-0.3, -0.25) is 4.79 Å². The Hall–Kier alpha value is -1.33. The smallest absolute Gasteiger partial charge is 0.257 e. The number of amides is 1. The van der Waals surface area contributed by atoms with Crippen molar-refractivity contribution in [1.29, 1.82) is 0 Å². The summed E-state index contributed by atoms with van der Waals surface area (Å²) in [6, 6.07) is 4.27. The van der Waals surface area contributed by atoms with Crippen LogP contribution in [0.25, 0.3) is 0 Å². The lowest BCUT2D eigenvalue weighted by Crippen LogP contribution is -2.35. The van der Waals surface area contributed by atoms with Crippen molar-refractivity contribution in [1.82, 2.24) is 4.90 Å². The fraction of sp³-hybridized carbons (Fsp3) is 0.357. The average molecular weight is 281 g/mol. The molecule has 0 saturated heterocycles. The first-order chi connectivity index (χ1) is 9.11. The molecule has 0 unspecified atom stereocenters. The summed E-state index contributed by atoms with van der Waals surface area (Å²) in [4.78, 5) is 14.4. The quantitative estimate of drug-likeness (QED) is 0.681. The Morgan fingerprint density at radius 2 is 2.32 bits per heavy atom. The van der Waals surface area contributed by atoms with Gasteiger partial charge >= 0.3 is 0 Å². The van der Waals surface area contributed by atoms with Crippen LogP contribution in [0.15, 0.2) is 34.7 Å². The molecule has 0 radical (unpaired) electrons. The highest BCUT2D eigenvalue weighted by atomic mass is 32.1. The number of ether oxygens (including phenoxy) is 1. The van der Waals surface area contributed by atoms with Crippen molar-refractivity contribution in [3.05, 3.63) is 41.2 Å². The second-order valence-corrected chi connectivity index (χ2v) is 4.98. The molecule has 0 aliphatic carbocycles. The van der Waals surface area contributed by atoms with Crippen LogP contribution in [-0.4, -0.2) is 37.6 Å². The largest absolute Gasteiger partial charge is 0.380 e. The minimum Gasteiger partial charge on any atom is -0.380 e. The molecule has 3 nitrogen and oxygen atoms in total. The van der Waals surface area contributed by atoms with Crippen molar-refractivity contribution < 1.29 is 13.9 Å². The molecule has 0 atom stereocenters. The second-order valence-electron chi connectivity index (χ2n) is 4.46. The van der Waals surface area contributed by atoms with Crippen molar-refractivity contribution in [2.24, 2.45) is 0 Å². The summed E-state index contributed by atoms with van der Waals surface area (Å²) < 4.78 is 18.7. The molecule has 2 rings (SSSR count). The van der Waals surface area contributed by atoms with Crippen LogP contribution in [0.4, 0.5) is 4.39 Å². The number of thiol groups is 1. The maximum absolute atomic E-state index is 13.7. The predicted molar refractivity (Wildman–Crippen MR) is 74.1 cm³/mol. The molecule has 1 aliphatic rings. The van der Waals surface area contributed by atoms with Gasteiger partial charge in [0.2, 0.25) is 0 Å². The van der Waals surface area contributed by atoms with Crippen LogP contribution in [-0.2, 0) is 4.74 Å². The zero-order valence-electron chi connectivity index (χ0n) is 10.7. The summed E-state index contributed by atoms with van der Waals surface area (Å²) in [5.74, 6) is -0.796. The summed E-state index contributed by atoms with van der Waals surface area (Å²) in [6.45, 7) is 1.67. The molecule has 1 heterocycles. The fourth-order valence-corrected chi connectivity index (χ4v) is 2.26. The third-order valence-corrected chi connectivity index (χ3v) is 3.38. The van der Waals surface area contributed by atoms with Crippen LogP contribution in [0, 0.1) is 5.82 Å². The number of hydrogen-bond acceptors (Lipinski definition) is 3. The van der Waals surface area contributed by atoms with E-state index in [1.54, 1.807) is 12.0 Å². The predicted octanol–water partition coefficient (Wildman–Crippen LogP) is 2.53. The Bertz CT molecular complexity index is 516. The number of benzene rings is 1. The monoisotopic (exact) mass is 281 g/mol. The minimum atomic E-state index is -0.505. The first kappa shape index (κ1) is 14.1. The van der Waals surface area contributed by atoms with Crippen LogP contribution in [0.3, 0.4) is 0 Å². The Morgan fingerprint density at radius 1 is 1.53 bits per heavy atom. The zero-order chi connectivity index (χ0) is 13.8. The van der Waals surface area contributed by atoms with E-state index in [4.69, 9.17) is 4.74 Å². The lowest BCUT2D eigenvalue weighted by atomic mass is 10.1. The maximum atomic E-state index is 13.7. The molecule has 0 fully saturated rings. The molecule has 1 amide bonds. The van der Waals surface area contributed by atoms with Crippen molar-refractivity contribution >= 4 is 18.5 Å². The van der Waals surface area contributed by atoms with E-state index in [-0.39, 0.29) is 11.5 Å². The summed E-state index contributed by atoms with van der Waals surface area (Å²) in [6.07, 6.45) is 2.73. The third kappa shape index (κ3) is 3.36. The number of halogens is 1. The Balaban J connectivity index is 2.11. The summed E-state index contributed by atoms with van der Waals surface area (Å²) >= 11 is 4.14. The number of nitrogens with zero attached hydrogens (tertiary/aromatic N) is 1. The topological polar surface area (TPSA) is 29.5 Å². The van der Waals surface area contributed by atoms with Gasteiger partial charge in [-0.1, -0.05) is 6.08 Å². The SMILES string of the molecule is COCC1=CCN(C(=O)c2cc(S)ccc2F)CC1. The normalized spacial score (nSPS) is 15.3. The molecule has 0 saturated carbocycles. The average Bonchev–Trinajstić information content (AvgIpc) is 2.42. The molecular formula is C14H16FNO2S. The number of carbonyl (C=O) groups is 1. The molecule has 1 aromatic rings. The molecule has 0 N–H and O–H groups in total. The number of carbonyl (C=O) groups excluding carboxylic acids is 1. The third-order valence-electron chi connectivity index (χ3n) is 3.10. The van der Waals surface area contributed by atoms with Gasteiger partial charge in [0.05, 0.1) is 12.2 Å². The van der Waals surface area contributed by atoms with Crippen LogP contribution in [0.1, 0.15) is 16.8 Å². The van der Waals surface area contributed by atoms with Crippen molar-refractivity contribution in [2.75, 3.05) is 26.8 Å². The Kier molecular flexibility index (Phi) is 4.61. The van der Waals surface area contributed by atoms with E-state index in [1.165, 1.54) is 23.8 Å². The summed E-state index contributed by atoms with van der Waals surface area (Å²) in [5.41, 5.74) is 1.26. The van der Waals surface area contributed by atoms with Crippen molar-refractivity contribution in [3.8, 4) is 0 Å². The van der Waals surface area contributed by atoms with Gasteiger partial charge in [0.15, 0.2) is 0 Å². The zero-order valence-corrected chi connectivity index (χ0v) is 11.6. The van der Waals surface area contributed by atoms with E-state index in [0.29, 0.717) is 24.6 Å². The van der Waals surface area contributed by atoms with Crippen LogP contribution in [0.5, 0.6) is 0 Å². The highest BCUT2D eigenvalue weighted by molar-refractivity contribution is 7.80. The van der Waals surface area contributed by atoms with Crippen LogP contribution in [0.2, 0.25) is 0 Å². The van der Waals surface area contributed by atoms with Gasteiger partial charge in [0.25, 0.3) is 5.91 Å². The molecule has 1 aliphatic heterocycles. The number of methoxy groups -OCH3 is 1. The molecule has 5 heteroatoms. The molecule has 102 valence electrons. The minimum absolute atomic E-state index is 0.0797. The van der Waals surface area contributed by atoms with E-state index in [0.717, 1.165) is 6.42 Å². The van der Waals surface area contributed by atoms with Crippen molar-refractivity contribution in [3.63, 3.8) is 0 Å².